The topological polar surface area (TPSA) is 24.4 Å². The molecule has 2 nitrogen and oxygen atoms in total. The van der Waals surface area contributed by atoms with Gasteiger partial charge in [-0.2, -0.15) is 0 Å². The van der Waals surface area contributed by atoms with Crippen molar-refractivity contribution in [2.24, 2.45) is 4.99 Å². The van der Waals surface area contributed by atoms with Crippen molar-refractivity contribution in [3.05, 3.63) is 71.3 Å². The average Bonchev–Trinajstić information content (AvgIpc) is 2.96. The average molecular weight is 304 g/mol. The van der Waals surface area contributed by atoms with E-state index < -0.39 is 0 Å². The maximum atomic E-state index is 4.87. The van der Waals surface area contributed by atoms with E-state index in [9.17, 15) is 0 Å². The maximum absolute atomic E-state index is 4.87. The molecule has 3 rings (SSSR count). The van der Waals surface area contributed by atoms with Crippen molar-refractivity contribution in [3.8, 4) is 0 Å². The lowest BCUT2D eigenvalue weighted by Gasteiger charge is -2.08. The molecule has 2 heteroatoms. The van der Waals surface area contributed by atoms with Crippen molar-refractivity contribution in [2.75, 3.05) is 5.32 Å². The van der Waals surface area contributed by atoms with Gasteiger partial charge in [-0.15, -0.1) is 6.58 Å². The molecule has 0 saturated heterocycles. The van der Waals surface area contributed by atoms with Gasteiger partial charge in [0.1, 0.15) is 5.84 Å². The summed E-state index contributed by atoms with van der Waals surface area (Å²) in [4.78, 5) is 4.87. The Hall–Kier alpha value is -2.35. The number of amidine groups is 1. The highest BCUT2D eigenvalue weighted by molar-refractivity contribution is 6.02. The predicted molar refractivity (Wildman–Crippen MR) is 99.9 cm³/mol. The Morgan fingerprint density at radius 2 is 2.09 bits per heavy atom. The normalized spacial score (nSPS) is 12.7. The fourth-order valence-electron chi connectivity index (χ4n) is 3.09. The van der Waals surface area contributed by atoms with Crippen LogP contribution in [0.5, 0.6) is 0 Å². The van der Waals surface area contributed by atoms with Crippen molar-refractivity contribution in [2.45, 2.75) is 39.5 Å². The highest BCUT2D eigenvalue weighted by Crippen LogP contribution is 2.33. The minimum absolute atomic E-state index is 0.887. The third kappa shape index (κ3) is 3.37. The fourth-order valence-corrected chi connectivity index (χ4v) is 3.09. The smallest absolute Gasteiger partial charge is 0.111 e. The van der Waals surface area contributed by atoms with Crippen molar-refractivity contribution < 1.29 is 0 Å². The zero-order valence-electron chi connectivity index (χ0n) is 14.0. The van der Waals surface area contributed by atoms with E-state index in [1.54, 1.807) is 0 Å². The summed E-state index contributed by atoms with van der Waals surface area (Å²) in [7, 11) is 0. The van der Waals surface area contributed by atoms with Gasteiger partial charge in [0.25, 0.3) is 0 Å². The Labute approximate surface area is 139 Å². The second-order valence-corrected chi connectivity index (χ2v) is 6.12. The molecule has 0 radical (unpaired) electrons. The van der Waals surface area contributed by atoms with Crippen LogP contribution in [0.25, 0.3) is 0 Å². The van der Waals surface area contributed by atoms with Crippen LogP contribution in [0.3, 0.4) is 0 Å². The van der Waals surface area contributed by atoms with Crippen molar-refractivity contribution in [3.63, 3.8) is 0 Å². The number of nitrogens with zero attached hydrogens (tertiary/aromatic N) is 1. The molecule has 0 aromatic heterocycles. The molecule has 0 spiro atoms. The zero-order valence-corrected chi connectivity index (χ0v) is 14.0. The third-order valence-corrected chi connectivity index (χ3v) is 4.37. The number of hydrogen-bond acceptors (Lipinski definition) is 2. The van der Waals surface area contributed by atoms with Gasteiger partial charge in [0.05, 0.1) is 5.69 Å². The molecule has 0 fully saturated rings. The van der Waals surface area contributed by atoms with E-state index in [1.807, 2.05) is 6.08 Å². The van der Waals surface area contributed by atoms with Gasteiger partial charge in [-0.05, 0) is 54.5 Å². The molecular weight excluding hydrogens is 280 g/mol. The van der Waals surface area contributed by atoms with E-state index in [2.05, 4.69) is 62.1 Å². The van der Waals surface area contributed by atoms with Gasteiger partial charge in [-0.1, -0.05) is 43.3 Å². The van der Waals surface area contributed by atoms with Crippen LogP contribution in [-0.2, 0) is 19.3 Å². The number of hydrogen-bond donors (Lipinski definition) is 1. The summed E-state index contributed by atoms with van der Waals surface area (Å²) in [6.07, 6.45) is 5.98. The first-order chi connectivity index (χ1) is 11.2. The molecule has 118 valence electrons. The number of aryl methyl sites for hydroxylation is 3. The molecule has 0 aliphatic carbocycles. The Bertz CT molecular complexity index is 756. The van der Waals surface area contributed by atoms with Crippen LogP contribution in [0.15, 0.2) is 54.0 Å². The summed E-state index contributed by atoms with van der Waals surface area (Å²) in [5.41, 5.74) is 7.65. The van der Waals surface area contributed by atoms with E-state index in [0.29, 0.717) is 0 Å². The highest BCUT2D eigenvalue weighted by atomic mass is 15.0. The lowest BCUT2D eigenvalue weighted by molar-refractivity contribution is 0.989. The molecule has 1 aliphatic rings. The van der Waals surface area contributed by atoms with Gasteiger partial charge in [0.15, 0.2) is 0 Å². The Morgan fingerprint density at radius 3 is 2.83 bits per heavy atom. The van der Waals surface area contributed by atoms with Crippen molar-refractivity contribution in [1.82, 2.24) is 0 Å². The first-order valence-corrected chi connectivity index (χ1v) is 8.37. The van der Waals surface area contributed by atoms with Crippen LogP contribution in [0.2, 0.25) is 0 Å². The van der Waals surface area contributed by atoms with Crippen LogP contribution in [0, 0.1) is 6.92 Å². The Kier molecular flexibility index (Phi) is 4.61. The fraction of sp³-hybridized carbons (Fsp3) is 0.286. The van der Waals surface area contributed by atoms with Crippen LogP contribution in [-0.4, -0.2) is 5.84 Å². The number of aliphatic imine (C=N–C) groups is 1. The quantitative estimate of drug-likeness (QED) is 0.737. The number of fused-ring (bicyclic) bond motifs is 1. The van der Waals surface area contributed by atoms with E-state index >= 15 is 0 Å². The van der Waals surface area contributed by atoms with Crippen LogP contribution >= 0.6 is 0 Å². The van der Waals surface area contributed by atoms with Gasteiger partial charge in [-0.25, -0.2) is 4.99 Å². The van der Waals surface area contributed by atoms with Crippen LogP contribution < -0.4 is 5.32 Å². The summed E-state index contributed by atoms with van der Waals surface area (Å²) in [5.74, 6) is 1.05. The van der Waals surface area contributed by atoms with Crippen LogP contribution in [0.4, 0.5) is 11.4 Å². The molecule has 2 aromatic carbocycles. The highest BCUT2D eigenvalue weighted by Gasteiger charge is 2.18. The summed E-state index contributed by atoms with van der Waals surface area (Å²) < 4.78 is 0. The van der Waals surface area contributed by atoms with E-state index in [4.69, 9.17) is 4.99 Å². The number of anilines is 1. The molecule has 0 unspecified atom stereocenters. The molecule has 1 heterocycles. The summed E-state index contributed by atoms with van der Waals surface area (Å²) in [6, 6.07) is 13.0. The van der Waals surface area contributed by atoms with Gasteiger partial charge in [0.2, 0.25) is 0 Å². The molecule has 0 saturated carbocycles. The molecule has 1 N–H and O–H groups in total. The van der Waals surface area contributed by atoms with E-state index in [0.717, 1.165) is 37.2 Å². The largest absolute Gasteiger partial charge is 0.343 e. The number of allylic oxidation sites excluding steroid dienone is 1. The standard InChI is InChI=1S/C21H24N2/c1-4-6-10-16-12-17(5-2)21-18(13-16)14-20(23-21)22-19-11-8-7-9-15(19)3/h4,7-9,11-13H,1,5-6,10,14H2,2-3H3,(H,22,23). The Morgan fingerprint density at radius 1 is 1.26 bits per heavy atom. The molecule has 0 bridgehead atoms. The monoisotopic (exact) mass is 304 g/mol. The zero-order chi connectivity index (χ0) is 16.2. The molecule has 1 aliphatic heterocycles. The molecule has 0 atom stereocenters. The molecule has 23 heavy (non-hydrogen) atoms. The number of rotatable bonds is 5. The minimum atomic E-state index is 0.887. The molecule has 2 aromatic rings. The van der Waals surface area contributed by atoms with E-state index in [1.165, 1.54) is 27.9 Å². The SMILES string of the molecule is C=CCCc1cc(CC)c2c(c1)CC(Nc1ccccc1C)=N2. The molecule has 0 amide bonds. The lowest BCUT2D eigenvalue weighted by atomic mass is 9.98. The predicted octanol–water partition coefficient (Wildman–Crippen LogP) is 5.37. The van der Waals surface area contributed by atoms with Crippen molar-refractivity contribution in [1.29, 1.82) is 0 Å². The summed E-state index contributed by atoms with van der Waals surface area (Å²) in [6.45, 7) is 8.15. The third-order valence-electron chi connectivity index (χ3n) is 4.37. The molecular formula is C21H24N2. The maximum Gasteiger partial charge on any atom is 0.111 e. The number of benzene rings is 2. The summed E-state index contributed by atoms with van der Waals surface area (Å²) >= 11 is 0. The minimum Gasteiger partial charge on any atom is -0.343 e. The van der Waals surface area contributed by atoms with Gasteiger partial charge < -0.3 is 5.32 Å². The van der Waals surface area contributed by atoms with Crippen LogP contribution in [0.1, 0.15) is 35.6 Å². The van der Waals surface area contributed by atoms with Gasteiger partial charge in [-0.3, -0.25) is 0 Å². The first kappa shape index (κ1) is 15.5. The first-order valence-electron chi connectivity index (χ1n) is 8.37. The lowest BCUT2D eigenvalue weighted by Crippen LogP contribution is -2.12. The number of nitrogens with one attached hydrogen (secondary N) is 1. The van der Waals surface area contributed by atoms with E-state index in [-0.39, 0.29) is 0 Å². The second-order valence-electron chi connectivity index (χ2n) is 6.12. The van der Waals surface area contributed by atoms with Gasteiger partial charge in [0, 0.05) is 12.1 Å². The Balaban J connectivity index is 1.85. The second kappa shape index (κ2) is 6.82. The van der Waals surface area contributed by atoms with Gasteiger partial charge >= 0.3 is 0 Å². The van der Waals surface area contributed by atoms with Crippen molar-refractivity contribution >= 4 is 17.2 Å². The summed E-state index contributed by atoms with van der Waals surface area (Å²) in [5, 5.41) is 3.50. The number of para-hydroxylation sites is 1.